The molecule has 4 nitrogen and oxygen atoms in total. The number of carbonyl (C=O) groups is 1. The van der Waals surface area contributed by atoms with E-state index in [9.17, 15) is 9.90 Å². The number of aromatic hydroxyl groups is 1. The van der Waals surface area contributed by atoms with Gasteiger partial charge in [0.15, 0.2) is 0 Å². The number of phenols is 1. The smallest absolute Gasteiger partial charge is 0.255 e. The van der Waals surface area contributed by atoms with Gasteiger partial charge in [-0.2, -0.15) is 0 Å². The molecule has 4 heteroatoms. The highest BCUT2D eigenvalue weighted by Gasteiger charge is 2.08. The first-order chi connectivity index (χ1) is 8.25. The van der Waals surface area contributed by atoms with E-state index in [1.165, 1.54) is 6.07 Å². The van der Waals surface area contributed by atoms with E-state index < -0.39 is 0 Å². The van der Waals surface area contributed by atoms with Crippen LogP contribution in [0.3, 0.4) is 0 Å². The maximum atomic E-state index is 11.6. The number of para-hydroxylation sites is 1. The van der Waals surface area contributed by atoms with Crippen molar-refractivity contribution < 1.29 is 14.6 Å². The lowest BCUT2D eigenvalue weighted by Gasteiger charge is -2.06. The van der Waals surface area contributed by atoms with Crippen LogP contribution in [-0.4, -0.2) is 30.8 Å². The summed E-state index contributed by atoms with van der Waals surface area (Å²) in [6.45, 7) is 5.06. The number of ether oxygens (including phenoxy) is 1. The Labute approximate surface area is 101 Å². The van der Waals surface area contributed by atoms with Crippen molar-refractivity contribution in [2.24, 2.45) is 0 Å². The maximum Gasteiger partial charge on any atom is 0.255 e. The fourth-order valence-corrected chi connectivity index (χ4v) is 1.27. The third-order valence-electron chi connectivity index (χ3n) is 2.15. The molecule has 1 rings (SSSR count). The van der Waals surface area contributed by atoms with E-state index in [0.717, 1.165) is 6.42 Å². The van der Waals surface area contributed by atoms with E-state index >= 15 is 0 Å². The van der Waals surface area contributed by atoms with Gasteiger partial charge in [0.1, 0.15) is 5.75 Å². The number of hydrogen-bond donors (Lipinski definition) is 2. The first kappa shape index (κ1) is 13.3. The van der Waals surface area contributed by atoms with Gasteiger partial charge in [-0.1, -0.05) is 18.2 Å². The molecule has 0 aliphatic heterocycles. The van der Waals surface area contributed by atoms with E-state index in [1.807, 2.05) is 0 Å². The second-order valence-corrected chi connectivity index (χ2v) is 3.46. The van der Waals surface area contributed by atoms with Gasteiger partial charge in [-0.15, -0.1) is 6.58 Å². The molecule has 1 aromatic rings. The molecule has 0 atom stereocenters. The SMILES string of the molecule is C=CCCOCCNC(=O)c1ccccc1O. The second kappa shape index (κ2) is 7.46. The number of nitrogens with one attached hydrogen (secondary N) is 1. The summed E-state index contributed by atoms with van der Waals surface area (Å²) in [4.78, 5) is 11.6. The van der Waals surface area contributed by atoms with Crippen molar-refractivity contribution in [3.8, 4) is 5.75 Å². The van der Waals surface area contributed by atoms with Crippen LogP contribution < -0.4 is 5.32 Å². The summed E-state index contributed by atoms with van der Waals surface area (Å²) in [5.41, 5.74) is 0.276. The number of hydrogen-bond acceptors (Lipinski definition) is 3. The number of rotatable bonds is 7. The minimum absolute atomic E-state index is 0.0161. The summed E-state index contributed by atoms with van der Waals surface area (Å²) in [6.07, 6.45) is 2.58. The molecule has 0 fully saturated rings. The molecular weight excluding hydrogens is 218 g/mol. The minimum Gasteiger partial charge on any atom is -0.507 e. The summed E-state index contributed by atoms with van der Waals surface area (Å²) in [5, 5.41) is 12.1. The highest BCUT2D eigenvalue weighted by Crippen LogP contribution is 2.14. The summed E-state index contributed by atoms with van der Waals surface area (Å²) < 4.78 is 5.24. The summed E-state index contributed by atoms with van der Waals surface area (Å²) in [7, 11) is 0. The van der Waals surface area contributed by atoms with Gasteiger partial charge in [0, 0.05) is 6.54 Å². The molecule has 0 unspecified atom stereocenters. The zero-order valence-electron chi connectivity index (χ0n) is 9.69. The average Bonchev–Trinajstić information content (AvgIpc) is 2.34. The van der Waals surface area contributed by atoms with Gasteiger partial charge < -0.3 is 15.2 Å². The monoisotopic (exact) mass is 235 g/mol. The van der Waals surface area contributed by atoms with Crippen LogP contribution in [0.25, 0.3) is 0 Å². The van der Waals surface area contributed by atoms with Gasteiger partial charge in [-0.25, -0.2) is 0 Å². The fraction of sp³-hybridized carbons (Fsp3) is 0.308. The molecule has 0 heterocycles. The molecule has 0 spiro atoms. The van der Waals surface area contributed by atoms with Gasteiger partial charge >= 0.3 is 0 Å². The molecule has 0 aliphatic rings. The summed E-state index contributed by atoms with van der Waals surface area (Å²) >= 11 is 0. The number of carbonyl (C=O) groups excluding carboxylic acids is 1. The van der Waals surface area contributed by atoms with Crippen LogP contribution in [0.2, 0.25) is 0 Å². The van der Waals surface area contributed by atoms with Crippen molar-refractivity contribution in [3.63, 3.8) is 0 Å². The average molecular weight is 235 g/mol. The molecular formula is C13H17NO3. The Morgan fingerprint density at radius 2 is 2.18 bits per heavy atom. The lowest BCUT2D eigenvalue weighted by Crippen LogP contribution is -2.27. The molecule has 0 aliphatic carbocycles. The van der Waals surface area contributed by atoms with Crippen LogP contribution in [0.5, 0.6) is 5.75 Å². The minimum atomic E-state index is -0.296. The zero-order chi connectivity index (χ0) is 12.5. The Bertz CT molecular complexity index is 377. The number of phenolic OH excluding ortho intramolecular Hbond substituents is 1. The highest BCUT2D eigenvalue weighted by atomic mass is 16.5. The normalized spacial score (nSPS) is 9.88. The van der Waals surface area contributed by atoms with Gasteiger partial charge in [0.2, 0.25) is 0 Å². The molecule has 17 heavy (non-hydrogen) atoms. The molecule has 0 radical (unpaired) electrons. The van der Waals surface area contributed by atoms with Crippen LogP contribution in [0.15, 0.2) is 36.9 Å². The van der Waals surface area contributed by atoms with Gasteiger partial charge in [-0.05, 0) is 18.6 Å². The van der Waals surface area contributed by atoms with Crippen molar-refractivity contribution in [1.29, 1.82) is 0 Å². The molecule has 0 saturated heterocycles. The summed E-state index contributed by atoms with van der Waals surface area (Å²) in [6, 6.07) is 6.43. The van der Waals surface area contributed by atoms with Crippen molar-refractivity contribution in [3.05, 3.63) is 42.5 Å². The standard InChI is InChI=1S/C13H17NO3/c1-2-3-9-17-10-8-14-13(16)11-6-4-5-7-12(11)15/h2,4-7,15H,1,3,8-10H2,(H,14,16). The third-order valence-corrected chi connectivity index (χ3v) is 2.15. The van der Waals surface area contributed by atoms with Gasteiger partial charge in [0.05, 0.1) is 18.8 Å². The third kappa shape index (κ3) is 4.70. The van der Waals surface area contributed by atoms with Gasteiger partial charge in [-0.3, -0.25) is 4.79 Å². The number of amides is 1. The Morgan fingerprint density at radius 1 is 1.41 bits per heavy atom. The van der Waals surface area contributed by atoms with Crippen LogP contribution in [0.1, 0.15) is 16.8 Å². The topological polar surface area (TPSA) is 58.6 Å². The van der Waals surface area contributed by atoms with Gasteiger partial charge in [0.25, 0.3) is 5.91 Å². The maximum absolute atomic E-state index is 11.6. The molecule has 0 aromatic heterocycles. The lowest BCUT2D eigenvalue weighted by molar-refractivity contribution is 0.0915. The lowest BCUT2D eigenvalue weighted by atomic mass is 10.2. The molecule has 1 amide bonds. The van der Waals surface area contributed by atoms with E-state index in [0.29, 0.717) is 19.8 Å². The largest absolute Gasteiger partial charge is 0.507 e. The predicted octanol–water partition coefficient (Wildman–Crippen LogP) is 1.71. The Hall–Kier alpha value is -1.81. The molecule has 92 valence electrons. The summed E-state index contributed by atoms with van der Waals surface area (Å²) in [5.74, 6) is -0.312. The van der Waals surface area contributed by atoms with Crippen molar-refractivity contribution in [2.45, 2.75) is 6.42 Å². The van der Waals surface area contributed by atoms with E-state index in [4.69, 9.17) is 4.74 Å². The zero-order valence-corrected chi connectivity index (χ0v) is 9.69. The fourth-order valence-electron chi connectivity index (χ4n) is 1.27. The molecule has 0 bridgehead atoms. The second-order valence-electron chi connectivity index (χ2n) is 3.46. The van der Waals surface area contributed by atoms with Crippen LogP contribution in [-0.2, 0) is 4.74 Å². The van der Waals surface area contributed by atoms with E-state index in [1.54, 1.807) is 24.3 Å². The van der Waals surface area contributed by atoms with Crippen molar-refractivity contribution >= 4 is 5.91 Å². The quantitative estimate of drug-likeness (QED) is 0.559. The van der Waals surface area contributed by atoms with E-state index in [-0.39, 0.29) is 17.2 Å². The Balaban J connectivity index is 2.26. The molecule has 0 saturated carbocycles. The predicted molar refractivity (Wildman–Crippen MR) is 66.1 cm³/mol. The van der Waals surface area contributed by atoms with Crippen molar-refractivity contribution in [2.75, 3.05) is 19.8 Å². The van der Waals surface area contributed by atoms with Crippen molar-refractivity contribution in [1.82, 2.24) is 5.32 Å². The van der Waals surface area contributed by atoms with Crippen LogP contribution >= 0.6 is 0 Å². The van der Waals surface area contributed by atoms with Crippen LogP contribution in [0.4, 0.5) is 0 Å². The Morgan fingerprint density at radius 3 is 2.88 bits per heavy atom. The number of benzene rings is 1. The first-order valence-electron chi connectivity index (χ1n) is 5.50. The van der Waals surface area contributed by atoms with Crippen LogP contribution in [0, 0.1) is 0 Å². The van der Waals surface area contributed by atoms with E-state index in [2.05, 4.69) is 11.9 Å². The first-order valence-corrected chi connectivity index (χ1v) is 5.50. The molecule has 1 aromatic carbocycles. The molecule has 2 N–H and O–H groups in total. The highest BCUT2D eigenvalue weighted by molar-refractivity contribution is 5.96. The Kier molecular flexibility index (Phi) is 5.82.